The molecule has 3 aliphatic heterocycles. The lowest BCUT2D eigenvalue weighted by Crippen LogP contribution is -2.58. The molecule has 282 valence electrons. The quantitative estimate of drug-likeness (QED) is 0.213. The van der Waals surface area contributed by atoms with Gasteiger partial charge in [-0.05, 0) is 86.6 Å². The molecule has 0 aromatic carbocycles. The number of esters is 1. The molecular weight excluding hydrogens is 626 g/mol. The summed E-state index contributed by atoms with van der Waals surface area (Å²) < 4.78 is 37.0. The predicted octanol–water partition coefficient (Wildman–Crippen LogP) is 2.02. The van der Waals surface area contributed by atoms with Crippen molar-refractivity contribution in [2.45, 2.75) is 179 Å². The average molecular weight is 692 g/mol. The van der Waals surface area contributed by atoms with Crippen LogP contribution in [-0.2, 0) is 33.2 Å². The highest BCUT2D eigenvalue weighted by Crippen LogP contribution is 2.39. The number of aliphatic hydroxyl groups excluding tert-OH is 3. The number of nitrogens with one attached hydrogen (secondary N) is 1. The minimum absolute atomic E-state index is 0.00203. The zero-order valence-corrected chi connectivity index (χ0v) is 30.8. The zero-order valence-electron chi connectivity index (χ0n) is 30.8. The van der Waals surface area contributed by atoms with Crippen LogP contribution in [0, 0.1) is 17.8 Å². The van der Waals surface area contributed by atoms with E-state index in [0.29, 0.717) is 19.4 Å². The largest absolute Gasteiger partial charge is 0.459 e. The number of hydrogen-bond acceptors (Lipinski definition) is 13. The van der Waals surface area contributed by atoms with E-state index in [4.69, 9.17) is 28.4 Å². The summed E-state index contributed by atoms with van der Waals surface area (Å²) in [4.78, 5) is 13.9. The van der Waals surface area contributed by atoms with Gasteiger partial charge in [0.2, 0.25) is 0 Å². The third kappa shape index (κ3) is 9.87. The normalized spacial score (nSPS) is 49.1. The van der Waals surface area contributed by atoms with Crippen molar-refractivity contribution in [1.82, 2.24) is 5.32 Å². The van der Waals surface area contributed by atoms with Crippen LogP contribution in [0.15, 0.2) is 0 Å². The molecule has 0 bridgehead atoms. The number of hydrogen-bond donors (Lipinski definition) is 6. The molecule has 3 heterocycles. The van der Waals surface area contributed by atoms with Gasteiger partial charge in [-0.15, -0.1) is 0 Å². The molecule has 2 unspecified atom stereocenters. The third-order valence-corrected chi connectivity index (χ3v) is 11.1. The van der Waals surface area contributed by atoms with E-state index in [1.54, 1.807) is 34.8 Å². The van der Waals surface area contributed by atoms with E-state index >= 15 is 0 Å². The Kier molecular flexibility index (Phi) is 14.7. The first-order valence-electron chi connectivity index (χ1n) is 17.8. The van der Waals surface area contributed by atoms with Crippen LogP contribution in [0.5, 0.6) is 0 Å². The van der Waals surface area contributed by atoms with Crippen molar-refractivity contribution in [3.8, 4) is 0 Å². The second-order valence-corrected chi connectivity index (χ2v) is 15.4. The van der Waals surface area contributed by atoms with Crippen LogP contribution >= 0.6 is 0 Å². The van der Waals surface area contributed by atoms with Crippen molar-refractivity contribution in [2.24, 2.45) is 17.8 Å². The van der Waals surface area contributed by atoms with E-state index in [2.05, 4.69) is 5.32 Å². The topological polar surface area (TPSA) is 186 Å². The van der Waals surface area contributed by atoms with Gasteiger partial charge in [0, 0.05) is 31.9 Å². The first kappa shape index (κ1) is 41.5. The Labute approximate surface area is 286 Å². The van der Waals surface area contributed by atoms with Gasteiger partial charge in [0.15, 0.2) is 12.6 Å². The first-order valence-corrected chi connectivity index (χ1v) is 17.8. The van der Waals surface area contributed by atoms with Crippen LogP contribution in [0.2, 0.25) is 0 Å². The van der Waals surface area contributed by atoms with Crippen LogP contribution < -0.4 is 5.32 Å². The molecule has 6 N–H and O–H groups in total. The standard InChI is InChI=1S/C35H65NO12/c1-11-27-35(9,42)30(39)22(5)36-17-19(2)15-33(7,41)28(48-32-25(38)13-12-20(3)44-32)14-26(21(4)31(40)47-27)46-29-16-34(8,43-10)24(18-37)23(6)45-29/h19-30,32,36-39,41-42H,11-18H2,1-10H3/t19-,20-,21-,22-,23+,24?,25-,26+,27-,28-,29+,30-,32?,33-,34-,35-/m1/s1. The van der Waals surface area contributed by atoms with E-state index in [0.717, 1.165) is 0 Å². The van der Waals surface area contributed by atoms with E-state index in [-0.39, 0.29) is 50.2 Å². The van der Waals surface area contributed by atoms with Crippen molar-refractivity contribution < 1.29 is 58.7 Å². The molecule has 3 fully saturated rings. The molecule has 0 spiro atoms. The number of carbonyl (C=O) groups excluding carboxylic acids is 1. The maximum absolute atomic E-state index is 13.9. The minimum atomic E-state index is -1.78. The highest BCUT2D eigenvalue weighted by atomic mass is 16.7. The van der Waals surface area contributed by atoms with Gasteiger partial charge >= 0.3 is 5.97 Å². The van der Waals surface area contributed by atoms with Gasteiger partial charge in [0.05, 0.1) is 48.1 Å². The summed E-state index contributed by atoms with van der Waals surface area (Å²) in [5.41, 5.74) is -4.06. The molecule has 0 aromatic rings. The Hall–Kier alpha value is -0.970. The van der Waals surface area contributed by atoms with Crippen LogP contribution in [0.1, 0.15) is 101 Å². The Morgan fingerprint density at radius 1 is 0.979 bits per heavy atom. The lowest BCUT2D eigenvalue weighted by Gasteiger charge is -2.47. The first-order chi connectivity index (χ1) is 22.3. The number of ether oxygens (including phenoxy) is 6. The monoisotopic (exact) mass is 691 g/mol. The van der Waals surface area contributed by atoms with Gasteiger partial charge in [-0.25, -0.2) is 0 Å². The number of methoxy groups -OCH3 is 1. The Morgan fingerprint density at radius 2 is 1.65 bits per heavy atom. The van der Waals surface area contributed by atoms with Crippen molar-refractivity contribution >= 4 is 5.97 Å². The molecule has 13 nitrogen and oxygen atoms in total. The SMILES string of the molecule is CC[C@H]1OC(=O)[C@H](C)[C@@H](O[C@H]2C[C@@](C)(OC)C(CO)[C@H](C)O2)C[C@@H](OC2O[C@H](C)CC[C@H]2O)[C@](C)(O)C[C@@H](C)CN[C@H](C)[C@@H](O)[C@]1(C)O. The van der Waals surface area contributed by atoms with Crippen LogP contribution in [0.4, 0.5) is 0 Å². The van der Waals surface area contributed by atoms with E-state index < -0.39 is 83.9 Å². The molecule has 0 amide bonds. The van der Waals surface area contributed by atoms with Crippen molar-refractivity contribution in [1.29, 1.82) is 0 Å². The molecule has 0 aliphatic carbocycles. The maximum atomic E-state index is 13.9. The van der Waals surface area contributed by atoms with E-state index in [9.17, 15) is 30.3 Å². The Bertz CT molecular complexity index is 1010. The lowest BCUT2D eigenvalue weighted by atomic mass is 9.80. The molecule has 48 heavy (non-hydrogen) atoms. The van der Waals surface area contributed by atoms with Crippen molar-refractivity contribution in [3.63, 3.8) is 0 Å². The average Bonchev–Trinajstić information content (AvgIpc) is 3.01. The smallest absolute Gasteiger partial charge is 0.311 e. The van der Waals surface area contributed by atoms with E-state index in [1.165, 1.54) is 6.92 Å². The molecule has 3 saturated heterocycles. The summed E-state index contributed by atoms with van der Waals surface area (Å²) in [5.74, 6) is -2.07. The molecule has 16 atom stereocenters. The summed E-state index contributed by atoms with van der Waals surface area (Å²) in [7, 11) is 1.57. The van der Waals surface area contributed by atoms with Gasteiger partial charge in [-0.2, -0.15) is 0 Å². The van der Waals surface area contributed by atoms with Gasteiger partial charge < -0.3 is 59.3 Å². The Morgan fingerprint density at radius 3 is 2.25 bits per heavy atom. The highest BCUT2D eigenvalue weighted by Gasteiger charge is 2.50. The predicted molar refractivity (Wildman–Crippen MR) is 177 cm³/mol. The summed E-state index contributed by atoms with van der Waals surface area (Å²) in [6, 6.07) is -0.568. The van der Waals surface area contributed by atoms with E-state index in [1.807, 2.05) is 27.7 Å². The summed E-state index contributed by atoms with van der Waals surface area (Å²) in [6.45, 7) is 16.1. The number of carbonyl (C=O) groups is 1. The van der Waals surface area contributed by atoms with Crippen LogP contribution in [0.3, 0.4) is 0 Å². The van der Waals surface area contributed by atoms with Gasteiger partial charge in [-0.1, -0.05) is 13.8 Å². The second kappa shape index (κ2) is 17.0. The van der Waals surface area contributed by atoms with Crippen LogP contribution in [-0.4, -0.2) is 130 Å². The molecule has 0 radical (unpaired) electrons. The fourth-order valence-electron chi connectivity index (χ4n) is 7.59. The number of rotatable bonds is 7. The van der Waals surface area contributed by atoms with Gasteiger partial charge in [-0.3, -0.25) is 4.79 Å². The Balaban J connectivity index is 2.06. The number of cyclic esters (lactones) is 1. The second-order valence-electron chi connectivity index (χ2n) is 15.4. The molecule has 3 aliphatic rings. The van der Waals surface area contributed by atoms with Gasteiger partial charge in [0.1, 0.15) is 23.9 Å². The minimum Gasteiger partial charge on any atom is -0.459 e. The molecule has 0 saturated carbocycles. The van der Waals surface area contributed by atoms with Crippen LogP contribution in [0.25, 0.3) is 0 Å². The summed E-state index contributed by atoms with van der Waals surface area (Å²) in [5, 5.41) is 59.0. The fourth-order valence-corrected chi connectivity index (χ4v) is 7.59. The molecular formula is C35H65NO12. The summed E-state index contributed by atoms with van der Waals surface area (Å²) in [6.07, 6.45) is -5.73. The maximum Gasteiger partial charge on any atom is 0.311 e. The van der Waals surface area contributed by atoms with Crippen molar-refractivity contribution in [2.75, 3.05) is 20.3 Å². The number of aliphatic hydroxyl groups is 5. The lowest BCUT2D eigenvalue weighted by molar-refractivity contribution is -0.299. The molecule has 0 aromatic heterocycles. The zero-order chi connectivity index (χ0) is 36.2. The third-order valence-electron chi connectivity index (χ3n) is 11.1. The molecule has 13 heteroatoms. The van der Waals surface area contributed by atoms with Gasteiger partial charge in [0.25, 0.3) is 0 Å². The summed E-state index contributed by atoms with van der Waals surface area (Å²) >= 11 is 0. The fraction of sp³-hybridized carbons (Fsp3) is 0.971. The van der Waals surface area contributed by atoms with Crippen molar-refractivity contribution in [3.05, 3.63) is 0 Å². The molecule has 3 rings (SSSR count). The highest BCUT2D eigenvalue weighted by molar-refractivity contribution is 5.73.